The van der Waals surface area contributed by atoms with Crippen LogP contribution in [0.15, 0.2) is 87.8 Å². The molecule has 0 saturated heterocycles. The number of hydrogen-bond acceptors (Lipinski definition) is 8. The van der Waals surface area contributed by atoms with E-state index in [1.54, 1.807) is 51.9 Å². The summed E-state index contributed by atoms with van der Waals surface area (Å²) in [6.07, 6.45) is 1.89. The van der Waals surface area contributed by atoms with Crippen molar-refractivity contribution in [2.24, 2.45) is 4.99 Å². The van der Waals surface area contributed by atoms with Crippen molar-refractivity contribution in [2.45, 2.75) is 19.9 Å². The molecule has 224 valence electrons. The lowest BCUT2D eigenvalue weighted by molar-refractivity contribution is -0.139. The molecule has 6 rings (SSSR count). The van der Waals surface area contributed by atoms with Crippen LogP contribution in [0.3, 0.4) is 0 Å². The maximum absolute atomic E-state index is 14.4. The van der Waals surface area contributed by atoms with Crippen LogP contribution < -0.4 is 29.1 Å². The molecule has 0 aliphatic carbocycles. The highest BCUT2D eigenvalue weighted by molar-refractivity contribution is 7.07. The minimum absolute atomic E-state index is 0.185. The average molecular weight is 610 g/mol. The second kappa shape index (κ2) is 11.9. The zero-order chi connectivity index (χ0) is 31.0. The molecular weight excluding hydrogens is 578 g/mol. The monoisotopic (exact) mass is 609 g/mol. The molecule has 0 fully saturated rings. The molecule has 3 aromatic carbocycles. The lowest BCUT2D eigenvalue weighted by Gasteiger charge is -2.25. The number of fused-ring (bicyclic) bond motifs is 2. The van der Waals surface area contributed by atoms with Gasteiger partial charge in [0.25, 0.3) is 5.56 Å². The van der Waals surface area contributed by atoms with Crippen molar-refractivity contribution in [3.05, 3.63) is 109 Å². The van der Waals surface area contributed by atoms with Gasteiger partial charge in [-0.25, -0.2) is 9.79 Å². The second-order valence-electron chi connectivity index (χ2n) is 10.1. The van der Waals surface area contributed by atoms with Crippen LogP contribution in [0.2, 0.25) is 0 Å². The molecule has 0 spiro atoms. The molecule has 3 heterocycles. The summed E-state index contributed by atoms with van der Waals surface area (Å²) in [5.41, 5.74) is 4.77. The van der Waals surface area contributed by atoms with Gasteiger partial charge in [0.2, 0.25) is 0 Å². The second-order valence-corrected chi connectivity index (χ2v) is 11.1. The van der Waals surface area contributed by atoms with Gasteiger partial charge < -0.3 is 23.9 Å². The van der Waals surface area contributed by atoms with Crippen molar-refractivity contribution in [1.29, 1.82) is 0 Å². The molecule has 0 saturated carbocycles. The van der Waals surface area contributed by atoms with Crippen molar-refractivity contribution in [3.63, 3.8) is 0 Å². The van der Waals surface area contributed by atoms with E-state index < -0.39 is 12.0 Å². The van der Waals surface area contributed by atoms with E-state index in [1.807, 2.05) is 60.7 Å². The molecule has 0 bridgehead atoms. The molecule has 1 aliphatic heterocycles. The Morgan fingerprint density at radius 2 is 1.77 bits per heavy atom. The zero-order valence-corrected chi connectivity index (χ0v) is 25.8. The van der Waals surface area contributed by atoms with Gasteiger partial charge in [0.05, 0.1) is 55.5 Å². The van der Waals surface area contributed by atoms with Gasteiger partial charge >= 0.3 is 5.97 Å². The molecule has 1 atom stereocenters. The number of thiazole rings is 1. The number of aromatic amines is 1. The number of allylic oxidation sites excluding steroid dienone is 1. The first kappa shape index (κ1) is 29.0. The summed E-state index contributed by atoms with van der Waals surface area (Å²) in [5.74, 6) is 1.18. The van der Waals surface area contributed by atoms with Crippen LogP contribution in [0, 0.1) is 0 Å². The Kier molecular flexibility index (Phi) is 7.84. The molecule has 2 aromatic heterocycles. The number of carbonyl (C=O) groups excluding carboxylic acids is 1. The van der Waals surface area contributed by atoms with Crippen LogP contribution in [0.25, 0.3) is 28.2 Å². The normalized spacial score (nSPS) is 14.8. The van der Waals surface area contributed by atoms with Crippen molar-refractivity contribution in [3.8, 4) is 28.5 Å². The van der Waals surface area contributed by atoms with E-state index in [0.29, 0.717) is 43.4 Å². The third-order valence-electron chi connectivity index (χ3n) is 7.62. The summed E-state index contributed by atoms with van der Waals surface area (Å²) in [4.78, 5) is 36.4. The molecule has 1 N–H and O–H groups in total. The fourth-order valence-corrected chi connectivity index (χ4v) is 6.59. The van der Waals surface area contributed by atoms with Crippen molar-refractivity contribution >= 4 is 34.3 Å². The third kappa shape index (κ3) is 4.97. The van der Waals surface area contributed by atoms with Gasteiger partial charge in [-0.1, -0.05) is 47.7 Å². The number of H-pyrrole nitrogens is 1. The molecule has 44 heavy (non-hydrogen) atoms. The Morgan fingerprint density at radius 3 is 2.48 bits per heavy atom. The summed E-state index contributed by atoms with van der Waals surface area (Å²) in [6.45, 7) is 3.69. The molecule has 5 aromatic rings. The number of aromatic nitrogens is 2. The number of esters is 1. The number of benzene rings is 3. The van der Waals surface area contributed by atoms with Gasteiger partial charge in [-0.15, -0.1) is 0 Å². The summed E-state index contributed by atoms with van der Waals surface area (Å²) >= 11 is 1.27. The maximum atomic E-state index is 14.4. The van der Waals surface area contributed by atoms with Crippen LogP contribution >= 0.6 is 11.3 Å². The molecule has 0 unspecified atom stereocenters. The zero-order valence-electron chi connectivity index (χ0n) is 25.0. The lowest BCUT2D eigenvalue weighted by atomic mass is 9.95. The molecule has 0 radical (unpaired) electrons. The van der Waals surface area contributed by atoms with Crippen molar-refractivity contribution < 1.29 is 23.7 Å². The highest BCUT2D eigenvalue weighted by Crippen LogP contribution is 2.37. The average Bonchev–Trinajstić information content (AvgIpc) is 3.56. The molecule has 10 heteroatoms. The Labute approximate surface area is 257 Å². The number of carbonyl (C=O) groups is 1. The maximum Gasteiger partial charge on any atom is 0.338 e. The Bertz CT molecular complexity index is 2110. The van der Waals surface area contributed by atoms with E-state index in [9.17, 15) is 9.59 Å². The van der Waals surface area contributed by atoms with Gasteiger partial charge in [-0.05, 0) is 61.4 Å². The lowest BCUT2D eigenvalue weighted by Crippen LogP contribution is -2.40. The number of rotatable bonds is 8. The quantitative estimate of drug-likeness (QED) is 0.249. The fraction of sp³-hybridized carbons (Fsp3) is 0.206. The number of nitrogens with one attached hydrogen (secondary N) is 1. The summed E-state index contributed by atoms with van der Waals surface area (Å²) < 4.78 is 24.0. The first-order valence-electron chi connectivity index (χ1n) is 14.0. The van der Waals surface area contributed by atoms with E-state index >= 15 is 0 Å². The minimum atomic E-state index is -0.788. The van der Waals surface area contributed by atoms with Crippen LogP contribution in [-0.4, -0.2) is 43.5 Å². The Balaban J connectivity index is 1.62. The minimum Gasteiger partial charge on any atom is -0.497 e. The molecular formula is C34H31N3O6S. The van der Waals surface area contributed by atoms with Gasteiger partial charge in [0, 0.05) is 16.5 Å². The van der Waals surface area contributed by atoms with Crippen molar-refractivity contribution in [2.75, 3.05) is 27.9 Å². The van der Waals surface area contributed by atoms with E-state index in [1.165, 1.54) is 11.3 Å². The first-order valence-corrected chi connectivity index (χ1v) is 14.9. The van der Waals surface area contributed by atoms with E-state index in [4.69, 9.17) is 23.9 Å². The van der Waals surface area contributed by atoms with Gasteiger partial charge in [-0.2, -0.15) is 0 Å². The first-order chi connectivity index (χ1) is 21.4. The van der Waals surface area contributed by atoms with Gasteiger partial charge in [0.15, 0.2) is 16.3 Å². The highest BCUT2D eigenvalue weighted by Gasteiger charge is 2.34. The van der Waals surface area contributed by atoms with E-state index in [0.717, 1.165) is 27.7 Å². The predicted octanol–water partition coefficient (Wildman–Crippen LogP) is 4.97. The fourth-order valence-electron chi connectivity index (χ4n) is 5.56. The summed E-state index contributed by atoms with van der Waals surface area (Å²) in [6, 6.07) is 20.3. The van der Waals surface area contributed by atoms with Crippen LogP contribution in [0.4, 0.5) is 0 Å². The topological polar surface area (TPSA) is 104 Å². The number of methoxy groups -OCH3 is 3. The van der Waals surface area contributed by atoms with Crippen LogP contribution in [0.1, 0.15) is 31.0 Å². The largest absolute Gasteiger partial charge is 0.497 e. The summed E-state index contributed by atoms with van der Waals surface area (Å²) in [7, 11) is 4.72. The van der Waals surface area contributed by atoms with E-state index in [-0.39, 0.29) is 12.2 Å². The SMILES string of the molecule is CCOC(=O)C1=C(C)N=c2s/c(=C\c3c(-c4ccccc4)[nH]c4ccc(OC)cc34)c(=O)n2[C@H]1c1ccc(OC)c(OC)c1. The molecule has 1 aliphatic rings. The number of nitrogens with zero attached hydrogens (tertiary/aromatic N) is 2. The standard InChI is InChI=1S/C34H31N3O6S/c1-6-43-33(39)29-19(2)35-34-37(31(29)21-12-15-26(41-4)27(16-21)42-5)32(38)28(44-34)18-24-23-17-22(40-3)13-14-25(23)36-30(24)20-10-8-7-9-11-20/h7-18,31,36H,6H2,1-5H3/b28-18-/t31-/m0/s1. The van der Waals surface area contributed by atoms with Crippen molar-refractivity contribution in [1.82, 2.24) is 9.55 Å². The number of ether oxygens (including phenoxy) is 4. The predicted molar refractivity (Wildman–Crippen MR) is 170 cm³/mol. The third-order valence-corrected chi connectivity index (χ3v) is 8.61. The van der Waals surface area contributed by atoms with Crippen LogP contribution in [0.5, 0.6) is 17.2 Å². The van der Waals surface area contributed by atoms with E-state index in [2.05, 4.69) is 4.98 Å². The Hall–Kier alpha value is -5.09. The molecule has 0 amide bonds. The van der Waals surface area contributed by atoms with Crippen LogP contribution in [-0.2, 0) is 9.53 Å². The van der Waals surface area contributed by atoms with Gasteiger partial charge in [0.1, 0.15) is 5.75 Å². The van der Waals surface area contributed by atoms with Gasteiger partial charge in [-0.3, -0.25) is 9.36 Å². The summed E-state index contributed by atoms with van der Waals surface area (Å²) in [5, 5.41) is 0.911. The number of hydrogen-bond donors (Lipinski definition) is 1. The smallest absolute Gasteiger partial charge is 0.338 e. The molecule has 9 nitrogen and oxygen atoms in total. The highest BCUT2D eigenvalue weighted by atomic mass is 32.1. The Morgan fingerprint density at radius 1 is 1.00 bits per heavy atom.